The predicted molar refractivity (Wildman–Crippen MR) is 77.0 cm³/mol. The molecule has 1 aromatic carbocycles. The summed E-state index contributed by atoms with van der Waals surface area (Å²) in [6.45, 7) is -0.770. The zero-order chi connectivity index (χ0) is 18.6. The Kier molecular flexibility index (Phi) is 6.36. The van der Waals surface area contributed by atoms with Crippen molar-refractivity contribution >= 4 is 5.91 Å². The van der Waals surface area contributed by atoms with E-state index in [0.29, 0.717) is 5.56 Å². The van der Waals surface area contributed by atoms with Crippen LogP contribution in [0.3, 0.4) is 0 Å². The SMILES string of the molecule is O=C(N[C@@H]1[C@H](OCc2ccccc2)O[C@@H](CO)[C@@H](O)[C@H]1O)C(F)(F)F. The van der Waals surface area contributed by atoms with Gasteiger partial charge in [0.15, 0.2) is 6.29 Å². The number of hydrogen-bond acceptors (Lipinski definition) is 6. The third kappa shape index (κ3) is 4.89. The number of halogens is 3. The van der Waals surface area contributed by atoms with Crippen LogP contribution >= 0.6 is 0 Å². The molecule has 1 amide bonds. The first-order valence-corrected chi connectivity index (χ1v) is 7.39. The highest BCUT2D eigenvalue weighted by molar-refractivity contribution is 5.82. The lowest BCUT2D eigenvalue weighted by Crippen LogP contribution is -2.65. The van der Waals surface area contributed by atoms with Gasteiger partial charge in [0.25, 0.3) is 0 Å². The minimum atomic E-state index is -5.18. The molecule has 0 radical (unpaired) electrons. The van der Waals surface area contributed by atoms with Crippen molar-refractivity contribution in [2.75, 3.05) is 6.61 Å². The summed E-state index contributed by atoms with van der Waals surface area (Å²) in [5.74, 6) is -2.30. The Morgan fingerprint density at radius 3 is 2.40 bits per heavy atom. The standard InChI is InChI=1S/C15H18F3NO6/c16-15(17,18)14(23)19-10-12(22)11(21)9(6-20)25-13(10)24-7-8-4-2-1-3-5-8/h1-5,9-13,20-22H,6-7H2,(H,19,23)/t9-,10-,11+,12-,13+/m0/s1. The lowest BCUT2D eigenvalue weighted by Gasteiger charge is -2.42. The van der Waals surface area contributed by atoms with Gasteiger partial charge in [-0.3, -0.25) is 4.79 Å². The second kappa shape index (κ2) is 8.11. The number of aliphatic hydroxyl groups is 3. The number of carbonyl (C=O) groups excluding carboxylic acids is 1. The van der Waals surface area contributed by atoms with E-state index >= 15 is 0 Å². The maximum atomic E-state index is 12.5. The lowest BCUT2D eigenvalue weighted by atomic mass is 9.97. The van der Waals surface area contributed by atoms with E-state index in [9.17, 15) is 28.2 Å². The van der Waals surface area contributed by atoms with Crippen LogP contribution in [0.5, 0.6) is 0 Å². The van der Waals surface area contributed by atoms with Gasteiger partial charge in [-0.15, -0.1) is 0 Å². The van der Waals surface area contributed by atoms with Crippen molar-refractivity contribution in [1.29, 1.82) is 0 Å². The first-order chi connectivity index (χ1) is 11.7. The number of nitrogens with one attached hydrogen (secondary N) is 1. The summed E-state index contributed by atoms with van der Waals surface area (Å²) in [5, 5.41) is 30.5. The largest absolute Gasteiger partial charge is 0.471 e. The predicted octanol–water partition coefficient (Wildman–Crippen LogP) is -0.311. The molecule has 0 aliphatic carbocycles. The Morgan fingerprint density at radius 2 is 1.84 bits per heavy atom. The van der Waals surface area contributed by atoms with Crippen molar-refractivity contribution in [3.05, 3.63) is 35.9 Å². The fourth-order valence-electron chi connectivity index (χ4n) is 2.36. The van der Waals surface area contributed by atoms with Crippen molar-refractivity contribution in [3.8, 4) is 0 Å². The lowest BCUT2D eigenvalue weighted by molar-refractivity contribution is -0.275. The van der Waals surface area contributed by atoms with Gasteiger partial charge in [0.2, 0.25) is 0 Å². The van der Waals surface area contributed by atoms with Gasteiger partial charge in [-0.1, -0.05) is 30.3 Å². The average molecular weight is 365 g/mol. The van der Waals surface area contributed by atoms with Gasteiger partial charge in [-0.2, -0.15) is 13.2 Å². The Balaban J connectivity index is 2.13. The summed E-state index contributed by atoms with van der Waals surface area (Å²) in [6.07, 6.45) is -11.5. The number of amides is 1. The van der Waals surface area contributed by atoms with E-state index in [1.54, 1.807) is 35.6 Å². The van der Waals surface area contributed by atoms with Crippen molar-refractivity contribution in [1.82, 2.24) is 5.32 Å². The zero-order valence-electron chi connectivity index (χ0n) is 12.9. The van der Waals surface area contributed by atoms with Crippen LogP contribution in [0.15, 0.2) is 30.3 Å². The van der Waals surface area contributed by atoms with E-state index in [1.165, 1.54) is 0 Å². The molecule has 25 heavy (non-hydrogen) atoms. The topological polar surface area (TPSA) is 108 Å². The molecule has 0 saturated carbocycles. The number of aliphatic hydroxyl groups excluding tert-OH is 3. The highest BCUT2D eigenvalue weighted by Crippen LogP contribution is 2.24. The third-order valence-electron chi connectivity index (χ3n) is 3.69. The fraction of sp³-hybridized carbons (Fsp3) is 0.533. The number of ether oxygens (including phenoxy) is 2. The molecule has 4 N–H and O–H groups in total. The second-order valence-electron chi connectivity index (χ2n) is 5.50. The molecule has 140 valence electrons. The summed E-state index contributed by atoms with van der Waals surface area (Å²) in [4.78, 5) is 11.2. The van der Waals surface area contributed by atoms with Crippen LogP contribution in [-0.4, -0.2) is 64.7 Å². The molecule has 0 bridgehead atoms. The minimum Gasteiger partial charge on any atom is -0.394 e. The molecule has 0 aromatic heterocycles. The summed E-state index contributed by atoms with van der Waals surface area (Å²) in [7, 11) is 0. The molecule has 1 saturated heterocycles. The monoisotopic (exact) mass is 365 g/mol. The molecule has 0 unspecified atom stereocenters. The number of benzene rings is 1. The van der Waals surface area contributed by atoms with Crippen molar-refractivity contribution in [3.63, 3.8) is 0 Å². The highest BCUT2D eigenvalue weighted by atomic mass is 19.4. The van der Waals surface area contributed by atoms with Crippen molar-refractivity contribution in [2.45, 2.75) is 43.4 Å². The van der Waals surface area contributed by atoms with Gasteiger partial charge in [-0.05, 0) is 5.56 Å². The van der Waals surface area contributed by atoms with Gasteiger partial charge >= 0.3 is 12.1 Å². The molecule has 1 heterocycles. The van der Waals surface area contributed by atoms with E-state index in [0.717, 1.165) is 0 Å². The van der Waals surface area contributed by atoms with E-state index in [4.69, 9.17) is 14.6 Å². The van der Waals surface area contributed by atoms with Crippen LogP contribution in [0.4, 0.5) is 13.2 Å². The summed E-state index contributed by atoms with van der Waals surface area (Å²) < 4.78 is 48.0. The molecule has 1 aliphatic rings. The van der Waals surface area contributed by atoms with Crippen LogP contribution in [-0.2, 0) is 20.9 Å². The molecule has 1 fully saturated rings. The normalized spacial score (nSPS) is 30.1. The molecular weight excluding hydrogens is 347 g/mol. The first kappa shape index (κ1) is 19.6. The third-order valence-corrected chi connectivity index (χ3v) is 3.69. The second-order valence-corrected chi connectivity index (χ2v) is 5.50. The minimum absolute atomic E-state index is 0.0785. The van der Waals surface area contributed by atoms with Crippen molar-refractivity contribution in [2.24, 2.45) is 0 Å². The Morgan fingerprint density at radius 1 is 1.20 bits per heavy atom. The molecular formula is C15H18F3NO6. The van der Waals surface area contributed by atoms with Crippen LogP contribution in [0, 0.1) is 0 Å². The van der Waals surface area contributed by atoms with E-state index < -0.39 is 49.3 Å². The van der Waals surface area contributed by atoms with Gasteiger partial charge in [0, 0.05) is 0 Å². The maximum absolute atomic E-state index is 12.5. The molecule has 2 rings (SSSR count). The van der Waals surface area contributed by atoms with Gasteiger partial charge in [-0.25, -0.2) is 0 Å². The van der Waals surface area contributed by atoms with Crippen LogP contribution in [0.25, 0.3) is 0 Å². The van der Waals surface area contributed by atoms with Crippen LogP contribution in [0.2, 0.25) is 0 Å². The maximum Gasteiger partial charge on any atom is 0.471 e. The number of carbonyl (C=O) groups is 1. The molecule has 0 spiro atoms. The quantitative estimate of drug-likeness (QED) is 0.570. The van der Waals surface area contributed by atoms with E-state index in [2.05, 4.69) is 0 Å². The number of alkyl halides is 3. The summed E-state index contributed by atoms with van der Waals surface area (Å²) >= 11 is 0. The zero-order valence-corrected chi connectivity index (χ0v) is 12.9. The molecule has 10 heteroatoms. The average Bonchev–Trinajstić information content (AvgIpc) is 2.58. The molecule has 1 aromatic rings. The number of hydrogen-bond donors (Lipinski definition) is 4. The van der Waals surface area contributed by atoms with E-state index in [-0.39, 0.29) is 6.61 Å². The Labute approximate surface area is 141 Å². The summed E-state index contributed by atoms with van der Waals surface area (Å²) in [6, 6.07) is 6.92. The molecule has 5 atom stereocenters. The Hall–Kier alpha value is -1.72. The van der Waals surface area contributed by atoms with Gasteiger partial charge < -0.3 is 30.1 Å². The van der Waals surface area contributed by atoms with Gasteiger partial charge in [0.05, 0.1) is 13.2 Å². The first-order valence-electron chi connectivity index (χ1n) is 7.39. The van der Waals surface area contributed by atoms with Crippen LogP contribution in [0.1, 0.15) is 5.56 Å². The van der Waals surface area contributed by atoms with E-state index in [1.807, 2.05) is 0 Å². The van der Waals surface area contributed by atoms with Crippen molar-refractivity contribution < 1.29 is 42.8 Å². The smallest absolute Gasteiger partial charge is 0.394 e. The molecule has 1 aliphatic heterocycles. The number of rotatable bonds is 5. The summed E-state index contributed by atoms with van der Waals surface area (Å²) in [5.41, 5.74) is 0.674. The Bertz CT molecular complexity index is 570. The van der Waals surface area contributed by atoms with Gasteiger partial charge in [0.1, 0.15) is 24.4 Å². The van der Waals surface area contributed by atoms with Crippen LogP contribution < -0.4 is 5.32 Å². The fourth-order valence-corrected chi connectivity index (χ4v) is 2.36. The molecule has 7 nitrogen and oxygen atoms in total. The highest BCUT2D eigenvalue weighted by Gasteiger charge is 2.49.